The first-order valence-corrected chi connectivity index (χ1v) is 12.1. The number of ether oxygens (including phenoxy) is 1. The van der Waals surface area contributed by atoms with Crippen LogP contribution in [0.4, 0.5) is 5.69 Å². The van der Waals surface area contributed by atoms with Gasteiger partial charge in [-0.05, 0) is 57.0 Å². The summed E-state index contributed by atoms with van der Waals surface area (Å²) in [7, 11) is -2.19. The molecule has 29 heavy (non-hydrogen) atoms. The van der Waals surface area contributed by atoms with Gasteiger partial charge in [-0.25, -0.2) is 8.42 Å². The number of sulfonamides is 1. The summed E-state index contributed by atoms with van der Waals surface area (Å²) in [6.07, 6.45) is 8.74. The van der Waals surface area contributed by atoms with E-state index >= 15 is 0 Å². The van der Waals surface area contributed by atoms with Gasteiger partial charge in [-0.15, -0.1) is 0 Å². The van der Waals surface area contributed by atoms with E-state index in [0.717, 1.165) is 45.2 Å². The number of piperidine rings is 1. The van der Waals surface area contributed by atoms with E-state index in [2.05, 4.69) is 10.2 Å². The van der Waals surface area contributed by atoms with Gasteiger partial charge in [0.25, 0.3) is 0 Å². The summed E-state index contributed by atoms with van der Waals surface area (Å²) < 4.78 is 33.1. The van der Waals surface area contributed by atoms with Crippen molar-refractivity contribution in [3.8, 4) is 5.75 Å². The predicted molar refractivity (Wildman–Crippen MR) is 114 cm³/mol. The molecule has 0 saturated carbocycles. The van der Waals surface area contributed by atoms with Gasteiger partial charge in [0.2, 0.25) is 15.9 Å². The Hall–Kier alpha value is -1.64. The summed E-state index contributed by atoms with van der Waals surface area (Å²) in [4.78, 5) is 14.9. The number of nitrogens with zero attached hydrogens (tertiary/aromatic N) is 2. The third kappa shape index (κ3) is 5.93. The van der Waals surface area contributed by atoms with Gasteiger partial charge in [0.15, 0.2) is 0 Å². The maximum atomic E-state index is 13.1. The van der Waals surface area contributed by atoms with E-state index < -0.39 is 10.0 Å². The first-order chi connectivity index (χ1) is 14.0. The van der Waals surface area contributed by atoms with Gasteiger partial charge >= 0.3 is 0 Å². The van der Waals surface area contributed by atoms with Crippen LogP contribution in [0, 0.1) is 0 Å². The zero-order valence-corrected chi connectivity index (χ0v) is 18.2. The number of carbonyl (C=O) groups is 1. The van der Waals surface area contributed by atoms with E-state index in [1.54, 1.807) is 12.1 Å². The number of nitrogens with one attached hydrogen (secondary N) is 1. The van der Waals surface area contributed by atoms with Gasteiger partial charge in [0.05, 0.1) is 13.7 Å². The molecule has 1 amide bonds. The van der Waals surface area contributed by atoms with E-state index in [1.165, 1.54) is 36.7 Å². The molecule has 1 aromatic rings. The normalized spacial score (nSPS) is 19.9. The lowest BCUT2D eigenvalue weighted by Gasteiger charge is -2.27. The summed E-state index contributed by atoms with van der Waals surface area (Å²) in [5.74, 6) is 0.189. The van der Waals surface area contributed by atoms with Gasteiger partial charge in [0.1, 0.15) is 10.6 Å². The second-order valence-electron chi connectivity index (χ2n) is 7.92. The second-order valence-corrected chi connectivity index (χ2v) is 9.83. The number of hydrogen-bond donors (Lipinski definition) is 1. The highest BCUT2D eigenvalue weighted by Gasteiger charge is 2.29. The summed E-state index contributed by atoms with van der Waals surface area (Å²) in [5, 5.41) is 2.87. The Labute approximate surface area is 174 Å². The number of methoxy groups -OCH3 is 1. The third-order valence-electron chi connectivity index (χ3n) is 5.70. The molecule has 162 valence electrons. The molecule has 1 N–H and O–H groups in total. The summed E-state index contributed by atoms with van der Waals surface area (Å²) in [5.41, 5.74) is 0.485. The number of hydrogen-bond acceptors (Lipinski definition) is 5. The number of likely N-dealkylation sites (tertiary alicyclic amines) is 1. The fraction of sp³-hybridized carbons (Fsp3) is 0.667. The summed E-state index contributed by atoms with van der Waals surface area (Å²) >= 11 is 0. The molecular weight excluding hydrogens is 390 g/mol. The average molecular weight is 424 g/mol. The van der Waals surface area contributed by atoms with Crippen LogP contribution in [0.15, 0.2) is 23.1 Å². The van der Waals surface area contributed by atoms with Crippen molar-refractivity contribution in [2.45, 2.75) is 56.3 Å². The minimum atomic E-state index is -3.65. The molecule has 2 heterocycles. The SMILES string of the molecule is COc1ccc(NC(=O)CN2CCCCCCC2)cc1S(=O)(=O)N1CCCCC1. The molecule has 0 unspecified atom stereocenters. The molecule has 2 aliphatic rings. The maximum Gasteiger partial charge on any atom is 0.246 e. The van der Waals surface area contributed by atoms with Crippen molar-refractivity contribution >= 4 is 21.6 Å². The maximum absolute atomic E-state index is 13.1. The smallest absolute Gasteiger partial charge is 0.246 e. The van der Waals surface area contributed by atoms with Crippen molar-refractivity contribution in [2.24, 2.45) is 0 Å². The van der Waals surface area contributed by atoms with Crippen LogP contribution < -0.4 is 10.1 Å². The third-order valence-corrected chi connectivity index (χ3v) is 7.62. The molecule has 0 aliphatic carbocycles. The van der Waals surface area contributed by atoms with Gasteiger partial charge in [-0.2, -0.15) is 4.31 Å². The molecule has 8 heteroatoms. The molecular formula is C21H33N3O4S. The van der Waals surface area contributed by atoms with Crippen LogP contribution in [0.3, 0.4) is 0 Å². The molecule has 0 aromatic heterocycles. The van der Waals surface area contributed by atoms with Crippen LogP contribution in [0.1, 0.15) is 51.4 Å². The number of benzene rings is 1. The van der Waals surface area contributed by atoms with E-state index in [9.17, 15) is 13.2 Å². The Morgan fingerprint density at radius 1 is 0.966 bits per heavy atom. The Balaban J connectivity index is 1.71. The van der Waals surface area contributed by atoms with Crippen molar-refractivity contribution in [3.05, 3.63) is 18.2 Å². The van der Waals surface area contributed by atoms with Crippen molar-refractivity contribution in [2.75, 3.05) is 45.2 Å². The highest BCUT2D eigenvalue weighted by molar-refractivity contribution is 7.89. The van der Waals surface area contributed by atoms with Crippen molar-refractivity contribution in [3.63, 3.8) is 0 Å². The van der Waals surface area contributed by atoms with Crippen LogP contribution in [-0.2, 0) is 14.8 Å². The molecule has 0 radical (unpaired) electrons. The highest BCUT2D eigenvalue weighted by atomic mass is 32.2. The predicted octanol–water partition coefficient (Wildman–Crippen LogP) is 3.07. The lowest BCUT2D eigenvalue weighted by molar-refractivity contribution is -0.117. The van der Waals surface area contributed by atoms with Crippen LogP contribution in [0.2, 0.25) is 0 Å². The molecule has 2 aliphatic heterocycles. The highest BCUT2D eigenvalue weighted by Crippen LogP contribution is 2.31. The fourth-order valence-corrected chi connectivity index (χ4v) is 5.77. The Morgan fingerprint density at radius 2 is 1.55 bits per heavy atom. The molecule has 0 atom stereocenters. The first-order valence-electron chi connectivity index (χ1n) is 10.7. The Kier molecular flexibility index (Phi) is 7.91. The van der Waals surface area contributed by atoms with Gasteiger partial charge in [0, 0.05) is 18.8 Å². The zero-order chi connectivity index (χ0) is 20.7. The molecule has 7 nitrogen and oxygen atoms in total. The van der Waals surface area contributed by atoms with Crippen LogP contribution in [0.5, 0.6) is 5.75 Å². The van der Waals surface area contributed by atoms with E-state index in [-0.39, 0.29) is 10.8 Å². The number of carbonyl (C=O) groups excluding carboxylic acids is 1. The standard InChI is InChI=1S/C21H33N3O4S/c1-28-19-11-10-18(16-20(19)29(26,27)24-14-8-5-9-15-24)22-21(25)17-23-12-6-3-2-4-7-13-23/h10-11,16H,2-9,12-15,17H2,1H3,(H,22,25). The fourth-order valence-electron chi connectivity index (χ4n) is 4.08. The second kappa shape index (κ2) is 10.4. The minimum Gasteiger partial charge on any atom is -0.495 e. The summed E-state index contributed by atoms with van der Waals surface area (Å²) in [6, 6.07) is 4.83. The molecule has 2 saturated heterocycles. The molecule has 2 fully saturated rings. The van der Waals surface area contributed by atoms with Gasteiger partial charge in [-0.3, -0.25) is 9.69 Å². The first kappa shape index (κ1) is 22.1. The molecule has 0 bridgehead atoms. The zero-order valence-electron chi connectivity index (χ0n) is 17.4. The lowest BCUT2D eigenvalue weighted by atomic mass is 10.1. The minimum absolute atomic E-state index is 0.114. The Morgan fingerprint density at radius 3 is 2.21 bits per heavy atom. The van der Waals surface area contributed by atoms with Crippen LogP contribution >= 0.6 is 0 Å². The van der Waals surface area contributed by atoms with E-state index in [1.807, 2.05) is 0 Å². The van der Waals surface area contributed by atoms with Crippen LogP contribution in [0.25, 0.3) is 0 Å². The largest absolute Gasteiger partial charge is 0.495 e. The number of rotatable bonds is 6. The lowest BCUT2D eigenvalue weighted by Crippen LogP contribution is -2.36. The van der Waals surface area contributed by atoms with E-state index in [4.69, 9.17) is 4.74 Å². The number of amides is 1. The quantitative estimate of drug-likeness (QED) is 0.761. The van der Waals surface area contributed by atoms with Gasteiger partial charge in [-0.1, -0.05) is 25.7 Å². The molecule has 1 aromatic carbocycles. The van der Waals surface area contributed by atoms with Gasteiger partial charge < -0.3 is 10.1 Å². The van der Waals surface area contributed by atoms with Crippen molar-refractivity contribution < 1.29 is 17.9 Å². The monoisotopic (exact) mass is 423 g/mol. The van der Waals surface area contributed by atoms with Crippen LogP contribution in [-0.4, -0.2) is 63.4 Å². The summed E-state index contributed by atoms with van der Waals surface area (Å²) in [6.45, 7) is 3.25. The number of anilines is 1. The van der Waals surface area contributed by atoms with Crippen molar-refractivity contribution in [1.29, 1.82) is 0 Å². The molecule has 0 spiro atoms. The topological polar surface area (TPSA) is 79.0 Å². The van der Waals surface area contributed by atoms with E-state index in [0.29, 0.717) is 31.1 Å². The van der Waals surface area contributed by atoms with Crippen molar-refractivity contribution in [1.82, 2.24) is 9.21 Å². The Bertz CT molecular complexity index is 783. The average Bonchev–Trinajstić information content (AvgIpc) is 2.70. The molecule has 3 rings (SSSR count).